The molecule has 1 N–H and O–H groups in total. The summed E-state index contributed by atoms with van der Waals surface area (Å²) in [5.74, 6) is -0.277. The summed E-state index contributed by atoms with van der Waals surface area (Å²) >= 11 is 0. The fourth-order valence-corrected chi connectivity index (χ4v) is 5.68. The van der Waals surface area contributed by atoms with Crippen molar-refractivity contribution in [1.82, 2.24) is 20.3 Å². The first-order valence-electron chi connectivity index (χ1n) is 11.4. The first kappa shape index (κ1) is 19.8. The Morgan fingerprint density at radius 1 is 1.06 bits per heavy atom. The maximum Gasteiger partial charge on any atom is 0.318 e. The third kappa shape index (κ3) is 2.73. The van der Waals surface area contributed by atoms with Crippen molar-refractivity contribution in [1.29, 1.82) is 0 Å². The highest BCUT2D eigenvalue weighted by Crippen LogP contribution is 2.43. The van der Waals surface area contributed by atoms with Crippen LogP contribution in [0.5, 0.6) is 11.9 Å². The lowest BCUT2D eigenvalue weighted by molar-refractivity contribution is 0.238. The Morgan fingerprint density at radius 2 is 1.91 bits per heavy atom. The normalized spacial score (nSPS) is 23.0. The van der Waals surface area contributed by atoms with Gasteiger partial charge in [0.25, 0.3) is 0 Å². The highest BCUT2D eigenvalue weighted by molar-refractivity contribution is 6.01. The van der Waals surface area contributed by atoms with Gasteiger partial charge in [0, 0.05) is 29.6 Å². The van der Waals surface area contributed by atoms with Crippen LogP contribution in [0.3, 0.4) is 0 Å². The van der Waals surface area contributed by atoms with E-state index in [-0.39, 0.29) is 35.2 Å². The Balaban J connectivity index is 1.52. The van der Waals surface area contributed by atoms with E-state index >= 15 is 4.39 Å². The largest absolute Gasteiger partial charge is 0.475 e. The molecule has 0 aliphatic carbocycles. The molecule has 3 aliphatic rings. The third-order valence-corrected chi connectivity index (χ3v) is 7.22. The number of halogens is 2. The lowest BCUT2D eigenvalue weighted by Crippen LogP contribution is -2.60. The van der Waals surface area contributed by atoms with Crippen LogP contribution in [-0.4, -0.2) is 53.3 Å². The van der Waals surface area contributed by atoms with Gasteiger partial charge >= 0.3 is 6.01 Å². The third-order valence-electron chi connectivity index (χ3n) is 7.22. The Hall–Kier alpha value is -3.59. The number of rotatable bonds is 2. The summed E-state index contributed by atoms with van der Waals surface area (Å²) < 4.78 is 42.6. The van der Waals surface area contributed by atoms with Crippen LogP contribution in [0.25, 0.3) is 32.9 Å². The zero-order chi connectivity index (χ0) is 23.0. The Bertz CT molecular complexity index is 1470. The number of anilines is 1. The van der Waals surface area contributed by atoms with Crippen LogP contribution in [0, 0.1) is 11.6 Å². The van der Waals surface area contributed by atoms with Gasteiger partial charge in [-0.25, -0.2) is 13.8 Å². The van der Waals surface area contributed by atoms with Gasteiger partial charge in [-0.1, -0.05) is 30.3 Å². The maximum absolute atomic E-state index is 16.2. The summed E-state index contributed by atoms with van der Waals surface area (Å²) in [5, 5.41) is 5.03. The fraction of sp³-hybridized carbons (Fsp3) is 0.320. The lowest BCUT2D eigenvalue weighted by atomic mass is 10.00. The zero-order valence-corrected chi connectivity index (χ0v) is 18.4. The topological polar surface area (TPSA) is 72.4 Å². The van der Waals surface area contributed by atoms with Crippen molar-refractivity contribution in [3.63, 3.8) is 0 Å². The molecule has 2 aromatic heterocycles. The number of pyridine rings is 1. The Kier molecular flexibility index (Phi) is 4.20. The van der Waals surface area contributed by atoms with Crippen LogP contribution < -0.4 is 19.7 Å². The van der Waals surface area contributed by atoms with Gasteiger partial charge in [0.2, 0.25) is 5.88 Å². The molecule has 172 valence electrons. The van der Waals surface area contributed by atoms with Crippen LogP contribution in [0.2, 0.25) is 0 Å². The van der Waals surface area contributed by atoms with Crippen molar-refractivity contribution in [2.75, 3.05) is 25.2 Å². The molecule has 0 amide bonds. The predicted molar refractivity (Wildman–Crippen MR) is 123 cm³/mol. The zero-order valence-electron chi connectivity index (χ0n) is 18.4. The number of methoxy groups -OCH3 is 1. The fourth-order valence-electron chi connectivity index (χ4n) is 5.68. The lowest BCUT2D eigenvalue weighted by Gasteiger charge is -2.40. The number of nitrogens with zero attached hydrogens (tertiary/aromatic N) is 4. The number of fused-ring (bicyclic) bond motifs is 6. The summed E-state index contributed by atoms with van der Waals surface area (Å²) in [6, 6.07) is 10.7. The molecule has 2 saturated heterocycles. The van der Waals surface area contributed by atoms with E-state index in [9.17, 15) is 4.39 Å². The number of hydrogen-bond donors (Lipinski definition) is 1. The van der Waals surface area contributed by atoms with Gasteiger partial charge in [0.15, 0.2) is 5.82 Å². The Labute approximate surface area is 193 Å². The second-order valence-corrected chi connectivity index (χ2v) is 9.06. The first-order chi connectivity index (χ1) is 16.6. The van der Waals surface area contributed by atoms with Crippen molar-refractivity contribution < 1.29 is 18.3 Å². The number of benzene rings is 2. The van der Waals surface area contributed by atoms with E-state index < -0.39 is 11.6 Å². The van der Waals surface area contributed by atoms with Gasteiger partial charge in [-0.05, 0) is 24.3 Å². The van der Waals surface area contributed by atoms with Gasteiger partial charge in [0.05, 0.1) is 13.2 Å². The standard InChI is InChI=1S/C25H21F2N5O2/c1-33-25-30-22-19-23(31-25)32-10-13-8-9-16(28-13)17(32)11-34-24(19)29-21(20(22)27)14-6-2-4-12-5-3-7-15(26)18(12)14/h2-7,13,16-17,28H,8-11H2,1H3. The maximum atomic E-state index is 16.2. The van der Waals surface area contributed by atoms with Gasteiger partial charge in [-0.2, -0.15) is 9.97 Å². The minimum atomic E-state index is -0.656. The first-order valence-corrected chi connectivity index (χ1v) is 11.4. The molecule has 2 fully saturated rings. The van der Waals surface area contributed by atoms with Crippen LogP contribution in [0.4, 0.5) is 14.6 Å². The molecular weight excluding hydrogens is 440 g/mol. The molecule has 9 heteroatoms. The molecule has 0 saturated carbocycles. The SMILES string of the molecule is COc1nc2c3c(nc(-c4cccc5cccc(F)c45)c(F)c3n1)OCC1C3CCC(CN21)N3. The summed E-state index contributed by atoms with van der Waals surface area (Å²) in [4.78, 5) is 15.7. The highest BCUT2D eigenvalue weighted by Gasteiger charge is 2.44. The van der Waals surface area contributed by atoms with E-state index in [4.69, 9.17) is 9.47 Å². The molecule has 2 bridgehead atoms. The molecule has 0 radical (unpaired) electrons. The van der Waals surface area contributed by atoms with Crippen molar-refractivity contribution >= 4 is 27.5 Å². The Morgan fingerprint density at radius 3 is 2.76 bits per heavy atom. The van der Waals surface area contributed by atoms with E-state index in [0.717, 1.165) is 19.4 Å². The van der Waals surface area contributed by atoms with Crippen molar-refractivity contribution in [3.8, 4) is 23.1 Å². The quantitative estimate of drug-likeness (QED) is 0.486. The predicted octanol–water partition coefficient (Wildman–Crippen LogP) is 3.83. The molecule has 3 unspecified atom stereocenters. The van der Waals surface area contributed by atoms with E-state index in [1.54, 1.807) is 30.3 Å². The smallest absolute Gasteiger partial charge is 0.318 e. The van der Waals surface area contributed by atoms with E-state index in [1.807, 2.05) is 0 Å². The summed E-state index contributed by atoms with van der Waals surface area (Å²) in [7, 11) is 1.46. The van der Waals surface area contributed by atoms with Crippen LogP contribution in [0.1, 0.15) is 12.8 Å². The molecule has 34 heavy (non-hydrogen) atoms. The number of hydrogen-bond acceptors (Lipinski definition) is 7. The second kappa shape index (κ2) is 7.20. The molecule has 4 aromatic rings. The number of piperazine rings is 1. The molecule has 7 rings (SSSR count). The van der Waals surface area contributed by atoms with Crippen molar-refractivity contribution in [3.05, 3.63) is 48.0 Å². The van der Waals surface area contributed by atoms with Gasteiger partial charge in [-0.15, -0.1) is 0 Å². The van der Waals surface area contributed by atoms with Gasteiger partial charge in [0.1, 0.15) is 34.8 Å². The van der Waals surface area contributed by atoms with Crippen LogP contribution >= 0.6 is 0 Å². The van der Waals surface area contributed by atoms with E-state index in [2.05, 4.69) is 25.2 Å². The molecule has 3 atom stereocenters. The molecule has 7 nitrogen and oxygen atoms in total. The molecule has 2 aromatic carbocycles. The molecule has 5 heterocycles. The van der Waals surface area contributed by atoms with Gasteiger partial charge in [-0.3, -0.25) is 0 Å². The molecule has 3 aliphatic heterocycles. The molecule has 0 spiro atoms. The summed E-state index contributed by atoms with van der Waals surface area (Å²) in [5.41, 5.74) is 0.391. The molecular formula is C25H21F2N5O2. The monoisotopic (exact) mass is 461 g/mol. The summed E-state index contributed by atoms with van der Waals surface area (Å²) in [6.07, 6.45) is 2.12. The number of ether oxygens (including phenoxy) is 2. The van der Waals surface area contributed by atoms with E-state index in [0.29, 0.717) is 40.2 Å². The average molecular weight is 461 g/mol. The van der Waals surface area contributed by atoms with Crippen LogP contribution in [0.15, 0.2) is 36.4 Å². The number of nitrogens with one attached hydrogen (secondary N) is 1. The average Bonchev–Trinajstić information content (AvgIpc) is 3.17. The van der Waals surface area contributed by atoms with Crippen molar-refractivity contribution in [2.24, 2.45) is 0 Å². The summed E-state index contributed by atoms with van der Waals surface area (Å²) in [6.45, 7) is 1.11. The minimum absolute atomic E-state index is 0.00980. The van der Waals surface area contributed by atoms with Crippen molar-refractivity contribution in [2.45, 2.75) is 31.0 Å². The van der Waals surface area contributed by atoms with Gasteiger partial charge < -0.3 is 19.7 Å². The minimum Gasteiger partial charge on any atom is -0.475 e. The van der Waals surface area contributed by atoms with E-state index in [1.165, 1.54) is 13.2 Å². The highest BCUT2D eigenvalue weighted by atomic mass is 19.1. The van der Waals surface area contributed by atoms with Crippen LogP contribution in [-0.2, 0) is 0 Å². The number of aromatic nitrogens is 3. The second-order valence-electron chi connectivity index (χ2n) is 9.06.